The Hall–Kier alpha value is -3.03. The Balaban J connectivity index is 0.000000694. The molecule has 7 nitrogen and oxygen atoms in total. The third-order valence-corrected chi connectivity index (χ3v) is 6.18. The molecule has 4 rings (SSSR count). The summed E-state index contributed by atoms with van der Waals surface area (Å²) >= 11 is 0. The number of halogens is 1. The number of nitrogens with zero attached hydrogens (tertiary/aromatic N) is 3. The number of ether oxygens (including phenoxy) is 2. The largest absolute Gasteiger partial charge is 0.494 e. The number of aromatic nitrogens is 1. The molecule has 1 aromatic carbocycles. The number of hydrogen-bond donors (Lipinski definition) is 1. The van der Waals surface area contributed by atoms with Crippen LogP contribution in [0.5, 0.6) is 11.6 Å². The zero-order valence-corrected chi connectivity index (χ0v) is 22.5. The summed E-state index contributed by atoms with van der Waals surface area (Å²) in [4.78, 5) is 18.0. The van der Waals surface area contributed by atoms with Crippen LogP contribution in [0.1, 0.15) is 54.4 Å². The minimum absolute atomic E-state index is 0.0737. The Bertz CT molecular complexity index is 937. The van der Waals surface area contributed by atoms with Crippen LogP contribution in [0.15, 0.2) is 36.5 Å². The van der Waals surface area contributed by atoms with Gasteiger partial charge in [0.05, 0.1) is 24.2 Å². The predicted octanol–water partition coefficient (Wildman–Crippen LogP) is 5.88. The van der Waals surface area contributed by atoms with Gasteiger partial charge in [-0.25, -0.2) is 9.37 Å². The van der Waals surface area contributed by atoms with E-state index in [0.29, 0.717) is 23.9 Å². The van der Waals surface area contributed by atoms with Crippen molar-refractivity contribution in [3.8, 4) is 11.6 Å². The third kappa shape index (κ3) is 8.57. The molecule has 8 heteroatoms. The lowest BCUT2D eigenvalue weighted by Crippen LogP contribution is -2.44. The summed E-state index contributed by atoms with van der Waals surface area (Å²) in [6.07, 6.45) is 4.06. The monoisotopic (exact) mass is 503 g/mol. The molecule has 0 saturated carbocycles. The van der Waals surface area contributed by atoms with E-state index in [4.69, 9.17) is 19.4 Å². The summed E-state index contributed by atoms with van der Waals surface area (Å²) in [6, 6.07) is 9.05. The Morgan fingerprint density at radius 1 is 1.11 bits per heavy atom. The van der Waals surface area contributed by atoms with E-state index in [2.05, 4.69) is 34.7 Å². The number of anilines is 2. The van der Waals surface area contributed by atoms with Gasteiger partial charge in [-0.1, -0.05) is 27.7 Å². The van der Waals surface area contributed by atoms with Crippen molar-refractivity contribution in [3.05, 3.63) is 42.3 Å². The molecule has 36 heavy (non-hydrogen) atoms. The molecule has 1 aromatic heterocycles. The minimum Gasteiger partial charge on any atom is -0.494 e. The SMILES string of the molecule is CC.CC(=O)O.CCOc1ccc(F)c(N2CCC(Oc3ccc(N4CCC(C)C4)cn3)C(C)C2)c1. The molecule has 2 fully saturated rings. The van der Waals surface area contributed by atoms with Gasteiger partial charge in [-0.05, 0) is 37.5 Å². The molecule has 0 spiro atoms. The quantitative estimate of drug-likeness (QED) is 0.528. The maximum atomic E-state index is 14.4. The first-order valence-electron chi connectivity index (χ1n) is 13.0. The molecular weight excluding hydrogens is 461 g/mol. The molecule has 2 saturated heterocycles. The van der Waals surface area contributed by atoms with Gasteiger partial charge in [-0.15, -0.1) is 0 Å². The molecule has 3 unspecified atom stereocenters. The van der Waals surface area contributed by atoms with Crippen molar-refractivity contribution in [2.75, 3.05) is 42.6 Å². The van der Waals surface area contributed by atoms with Gasteiger partial charge in [-0.2, -0.15) is 0 Å². The van der Waals surface area contributed by atoms with E-state index >= 15 is 0 Å². The van der Waals surface area contributed by atoms with E-state index in [0.717, 1.165) is 45.4 Å². The molecule has 0 radical (unpaired) electrons. The van der Waals surface area contributed by atoms with E-state index in [9.17, 15) is 4.39 Å². The molecular formula is C28H42FN3O4. The molecule has 3 heterocycles. The normalized spacial score (nSPS) is 21.0. The Morgan fingerprint density at radius 3 is 2.36 bits per heavy atom. The summed E-state index contributed by atoms with van der Waals surface area (Å²) in [5.41, 5.74) is 1.77. The Kier molecular flexibility index (Phi) is 11.8. The van der Waals surface area contributed by atoms with Gasteiger partial charge in [0.2, 0.25) is 5.88 Å². The van der Waals surface area contributed by atoms with E-state index in [1.54, 1.807) is 12.1 Å². The zero-order valence-electron chi connectivity index (χ0n) is 22.5. The molecule has 0 amide bonds. The molecule has 200 valence electrons. The van der Waals surface area contributed by atoms with Crippen molar-refractivity contribution in [2.45, 2.75) is 60.5 Å². The Labute approximate surface area is 215 Å². The highest BCUT2D eigenvalue weighted by molar-refractivity contribution is 5.63. The van der Waals surface area contributed by atoms with Gasteiger partial charge in [-0.3, -0.25) is 4.79 Å². The smallest absolute Gasteiger partial charge is 0.300 e. The average Bonchev–Trinajstić information content (AvgIpc) is 3.29. The number of carboxylic acid groups (broad SMARTS) is 1. The highest BCUT2D eigenvalue weighted by Crippen LogP contribution is 2.31. The number of piperidine rings is 1. The van der Waals surface area contributed by atoms with Crippen molar-refractivity contribution in [1.82, 2.24) is 4.98 Å². The van der Waals surface area contributed by atoms with Gasteiger partial charge in [0, 0.05) is 57.6 Å². The molecule has 2 aromatic rings. The van der Waals surface area contributed by atoms with E-state index < -0.39 is 5.97 Å². The van der Waals surface area contributed by atoms with Gasteiger partial charge >= 0.3 is 0 Å². The molecule has 1 N–H and O–H groups in total. The van der Waals surface area contributed by atoms with Gasteiger partial charge in [0.1, 0.15) is 17.7 Å². The van der Waals surface area contributed by atoms with Crippen LogP contribution in [-0.4, -0.2) is 54.9 Å². The Morgan fingerprint density at radius 2 is 1.81 bits per heavy atom. The van der Waals surface area contributed by atoms with E-state index in [-0.39, 0.29) is 17.8 Å². The number of rotatable bonds is 6. The lowest BCUT2D eigenvalue weighted by molar-refractivity contribution is -0.134. The second-order valence-electron chi connectivity index (χ2n) is 9.13. The minimum atomic E-state index is -0.833. The van der Waals surface area contributed by atoms with Crippen LogP contribution in [0.25, 0.3) is 0 Å². The summed E-state index contributed by atoms with van der Waals surface area (Å²) in [7, 11) is 0. The third-order valence-electron chi connectivity index (χ3n) is 6.18. The van der Waals surface area contributed by atoms with Crippen molar-refractivity contribution >= 4 is 17.3 Å². The van der Waals surface area contributed by atoms with Crippen LogP contribution in [0.4, 0.5) is 15.8 Å². The van der Waals surface area contributed by atoms with Gasteiger partial charge in [0.25, 0.3) is 5.97 Å². The average molecular weight is 504 g/mol. The molecule has 2 aliphatic heterocycles. The van der Waals surface area contributed by atoms with Gasteiger partial charge in [0.15, 0.2) is 0 Å². The number of carboxylic acids is 1. The standard InChI is InChI=1S/C24H32FN3O2.C2H4O2.C2H6/c1-4-29-20-6-7-21(25)22(13-20)28-12-10-23(18(3)16-28)30-24-8-5-19(14-26-24)27-11-9-17(2)15-27;1-2(3)4;1-2/h5-8,13-14,17-18,23H,4,9-12,15-16H2,1-3H3;1H3,(H,3,4);1-2H3. The first-order valence-corrected chi connectivity index (χ1v) is 13.0. The first kappa shape index (κ1) is 29.2. The van der Waals surface area contributed by atoms with Crippen molar-refractivity contribution in [1.29, 1.82) is 0 Å². The van der Waals surface area contributed by atoms with Crippen LogP contribution in [-0.2, 0) is 4.79 Å². The van der Waals surface area contributed by atoms with Gasteiger partial charge < -0.3 is 24.4 Å². The van der Waals surface area contributed by atoms with Crippen molar-refractivity contribution < 1.29 is 23.8 Å². The van der Waals surface area contributed by atoms with Crippen LogP contribution >= 0.6 is 0 Å². The molecule has 2 aliphatic rings. The summed E-state index contributed by atoms with van der Waals surface area (Å²) in [5.74, 6) is 1.33. The highest BCUT2D eigenvalue weighted by atomic mass is 19.1. The maximum Gasteiger partial charge on any atom is 0.300 e. The van der Waals surface area contributed by atoms with Crippen molar-refractivity contribution in [2.24, 2.45) is 11.8 Å². The number of carbonyl (C=O) groups is 1. The fourth-order valence-corrected chi connectivity index (χ4v) is 4.46. The van der Waals surface area contributed by atoms with Crippen LogP contribution in [0.3, 0.4) is 0 Å². The topological polar surface area (TPSA) is 75.1 Å². The number of pyridine rings is 1. The first-order chi connectivity index (χ1) is 17.3. The maximum absolute atomic E-state index is 14.4. The number of aliphatic carboxylic acids is 1. The molecule has 0 aliphatic carbocycles. The summed E-state index contributed by atoms with van der Waals surface area (Å²) in [6.45, 7) is 15.7. The lowest BCUT2D eigenvalue weighted by atomic mass is 9.96. The van der Waals surface area contributed by atoms with Crippen LogP contribution in [0.2, 0.25) is 0 Å². The molecule has 3 atom stereocenters. The molecule has 0 bridgehead atoms. The predicted molar refractivity (Wildman–Crippen MR) is 143 cm³/mol. The zero-order chi connectivity index (χ0) is 26.7. The van der Waals surface area contributed by atoms with E-state index in [1.807, 2.05) is 33.0 Å². The lowest BCUT2D eigenvalue weighted by Gasteiger charge is -2.38. The van der Waals surface area contributed by atoms with E-state index in [1.165, 1.54) is 18.2 Å². The van der Waals surface area contributed by atoms with Crippen LogP contribution in [0, 0.1) is 17.7 Å². The highest BCUT2D eigenvalue weighted by Gasteiger charge is 2.29. The van der Waals surface area contributed by atoms with Crippen molar-refractivity contribution in [3.63, 3.8) is 0 Å². The summed E-state index contributed by atoms with van der Waals surface area (Å²) < 4.78 is 26.2. The number of benzene rings is 1. The fourth-order valence-electron chi connectivity index (χ4n) is 4.46. The second-order valence-corrected chi connectivity index (χ2v) is 9.13. The summed E-state index contributed by atoms with van der Waals surface area (Å²) in [5, 5.41) is 7.42. The van der Waals surface area contributed by atoms with Crippen LogP contribution < -0.4 is 19.3 Å². The number of hydrogen-bond acceptors (Lipinski definition) is 6. The second kappa shape index (κ2) is 14.5. The fraction of sp³-hybridized carbons (Fsp3) is 0.571.